The van der Waals surface area contributed by atoms with E-state index in [9.17, 15) is 4.79 Å². The fraction of sp³-hybridized carbons (Fsp3) is 0.211. The molecule has 0 aromatic heterocycles. The van der Waals surface area contributed by atoms with Gasteiger partial charge in [-0.2, -0.15) is 0 Å². The molecule has 0 heterocycles. The van der Waals surface area contributed by atoms with Crippen molar-refractivity contribution in [2.24, 2.45) is 0 Å². The molecule has 0 saturated heterocycles. The van der Waals surface area contributed by atoms with Crippen molar-refractivity contribution in [3.05, 3.63) is 64.7 Å². The summed E-state index contributed by atoms with van der Waals surface area (Å²) >= 11 is 5.97. The second kappa shape index (κ2) is 8.41. The molecule has 2 aromatic rings. The van der Waals surface area contributed by atoms with Crippen LogP contribution in [0.5, 0.6) is 11.5 Å². The maximum atomic E-state index is 12.1. The molecule has 0 bridgehead atoms. The highest BCUT2D eigenvalue weighted by molar-refractivity contribution is 6.30. The lowest BCUT2D eigenvalue weighted by Gasteiger charge is -2.13. The number of carbonyl (C=O) groups excluding carboxylic acids is 1. The number of nitrogens with one attached hydrogen (secondary N) is 1. The van der Waals surface area contributed by atoms with E-state index in [0.717, 1.165) is 11.1 Å². The van der Waals surface area contributed by atoms with Gasteiger partial charge >= 0.3 is 0 Å². The third-order valence-corrected chi connectivity index (χ3v) is 3.80. The molecule has 2 rings (SSSR count). The average molecular weight is 346 g/mol. The van der Waals surface area contributed by atoms with E-state index in [2.05, 4.69) is 5.32 Å². The van der Waals surface area contributed by atoms with Crippen LogP contribution in [0.3, 0.4) is 0 Å². The highest BCUT2D eigenvalue weighted by Gasteiger charge is 2.08. The van der Waals surface area contributed by atoms with Crippen LogP contribution in [0, 0.1) is 0 Å². The normalized spacial score (nSPS) is 12.0. The van der Waals surface area contributed by atoms with Crippen molar-refractivity contribution < 1.29 is 14.3 Å². The van der Waals surface area contributed by atoms with Crippen LogP contribution in [0.15, 0.2) is 48.5 Å². The van der Waals surface area contributed by atoms with Crippen LogP contribution >= 0.6 is 11.6 Å². The van der Waals surface area contributed by atoms with E-state index in [4.69, 9.17) is 21.1 Å². The van der Waals surface area contributed by atoms with Gasteiger partial charge < -0.3 is 14.8 Å². The molecule has 0 spiro atoms. The number of halogens is 1. The minimum absolute atomic E-state index is 0.140. The molecular weight excluding hydrogens is 326 g/mol. The number of hydrogen-bond acceptors (Lipinski definition) is 3. The predicted molar refractivity (Wildman–Crippen MR) is 96.6 cm³/mol. The zero-order valence-electron chi connectivity index (χ0n) is 13.9. The average Bonchev–Trinajstić information content (AvgIpc) is 2.59. The summed E-state index contributed by atoms with van der Waals surface area (Å²) in [5, 5.41) is 3.55. The number of rotatable bonds is 6. The van der Waals surface area contributed by atoms with Crippen LogP contribution in [-0.2, 0) is 4.79 Å². The summed E-state index contributed by atoms with van der Waals surface area (Å²) in [6.45, 7) is 1.91. The van der Waals surface area contributed by atoms with E-state index < -0.39 is 0 Å². The monoisotopic (exact) mass is 345 g/mol. The second-order valence-electron chi connectivity index (χ2n) is 5.23. The van der Waals surface area contributed by atoms with Gasteiger partial charge in [0.1, 0.15) is 11.5 Å². The Labute approximate surface area is 147 Å². The first-order valence-electron chi connectivity index (χ1n) is 7.49. The molecule has 24 heavy (non-hydrogen) atoms. The molecule has 0 aliphatic heterocycles. The second-order valence-corrected chi connectivity index (χ2v) is 5.66. The van der Waals surface area contributed by atoms with Crippen LogP contribution < -0.4 is 14.8 Å². The lowest BCUT2D eigenvalue weighted by atomic mass is 10.1. The zero-order chi connectivity index (χ0) is 17.5. The molecule has 0 aliphatic rings. The molecule has 0 saturated carbocycles. The summed E-state index contributed by atoms with van der Waals surface area (Å²) in [4.78, 5) is 12.1. The van der Waals surface area contributed by atoms with Gasteiger partial charge in [-0.1, -0.05) is 23.7 Å². The minimum atomic E-state index is -0.194. The van der Waals surface area contributed by atoms with Gasteiger partial charge in [-0.05, 0) is 42.8 Å². The molecule has 0 aliphatic carbocycles. The molecule has 2 aromatic carbocycles. The van der Waals surface area contributed by atoms with Crippen LogP contribution in [0.1, 0.15) is 24.1 Å². The summed E-state index contributed by atoms with van der Waals surface area (Å²) in [5.74, 6) is 1.14. The van der Waals surface area contributed by atoms with Crippen molar-refractivity contribution in [1.82, 2.24) is 5.32 Å². The van der Waals surface area contributed by atoms with Crippen molar-refractivity contribution in [3.63, 3.8) is 0 Å². The molecular formula is C19H20ClNO3. The van der Waals surface area contributed by atoms with Crippen LogP contribution in [0.25, 0.3) is 6.08 Å². The Morgan fingerprint density at radius 3 is 2.62 bits per heavy atom. The van der Waals surface area contributed by atoms with Gasteiger partial charge in [0.15, 0.2) is 0 Å². The Kier molecular flexibility index (Phi) is 6.27. The quantitative estimate of drug-likeness (QED) is 0.796. The number of ether oxygens (including phenoxy) is 2. The summed E-state index contributed by atoms with van der Waals surface area (Å²) in [5.41, 5.74) is 1.75. The fourth-order valence-corrected chi connectivity index (χ4v) is 2.44. The fourth-order valence-electron chi connectivity index (χ4n) is 2.24. The topological polar surface area (TPSA) is 47.6 Å². The number of carbonyl (C=O) groups is 1. The molecule has 1 atom stereocenters. The smallest absolute Gasteiger partial charge is 0.244 e. The van der Waals surface area contributed by atoms with Gasteiger partial charge in [-0.3, -0.25) is 4.79 Å². The van der Waals surface area contributed by atoms with E-state index in [1.165, 1.54) is 6.08 Å². The third-order valence-electron chi connectivity index (χ3n) is 3.56. The Morgan fingerprint density at radius 1 is 1.17 bits per heavy atom. The molecule has 0 fully saturated rings. The summed E-state index contributed by atoms with van der Waals surface area (Å²) in [7, 11) is 3.17. The standard InChI is InChI=1S/C19H20ClNO3/c1-13(15-5-4-6-16(20)11-15)21-19(22)10-8-14-7-9-17(23-2)12-18(14)24-3/h4-13H,1-3H3,(H,21,22)/b10-8+. The van der Waals surface area contributed by atoms with Gasteiger partial charge in [-0.25, -0.2) is 0 Å². The van der Waals surface area contributed by atoms with E-state index >= 15 is 0 Å². The van der Waals surface area contributed by atoms with Gasteiger partial charge in [0, 0.05) is 22.7 Å². The van der Waals surface area contributed by atoms with Crippen LogP contribution in [0.4, 0.5) is 0 Å². The van der Waals surface area contributed by atoms with Gasteiger partial charge in [-0.15, -0.1) is 0 Å². The van der Waals surface area contributed by atoms with E-state index in [0.29, 0.717) is 16.5 Å². The lowest BCUT2D eigenvalue weighted by molar-refractivity contribution is -0.117. The van der Waals surface area contributed by atoms with Crippen molar-refractivity contribution in [2.45, 2.75) is 13.0 Å². The van der Waals surface area contributed by atoms with Crippen molar-refractivity contribution >= 4 is 23.6 Å². The number of hydrogen-bond donors (Lipinski definition) is 1. The Hall–Kier alpha value is -2.46. The summed E-state index contributed by atoms with van der Waals surface area (Å²) in [6.07, 6.45) is 3.18. The van der Waals surface area contributed by atoms with Crippen LogP contribution in [-0.4, -0.2) is 20.1 Å². The molecule has 1 unspecified atom stereocenters. The van der Waals surface area contributed by atoms with Crippen molar-refractivity contribution in [1.29, 1.82) is 0 Å². The first-order valence-corrected chi connectivity index (χ1v) is 7.87. The summed E-state index contributed by atoms with van der Waals surface area (Å²) < 4.78 is 10.5. The lowest BCUT2D eigenvalue weighted by Crippen LogP contribution is -2.24. The Balaban J connectivity index is 2.05. The largest absolute Gasteiger partial charge is 0.497 e. The molecule has 126 valence electrons. The van der Waals surface area contributed by atoms with Gasteiger partial charge in [0.2, 0.25) is 5.91 Å². The minimum Gasteiger partial charge on any atom is -0.497 e. The van der Waals surface area contributed by atoms with E-state index in [1.807, 2.05) is 37.3 Å². The zero-order valence-corrected chi connectivity index (χ0v) is 14.6. The predicted octanol–water partition coefficient (Wildman–Crippen LogP) is 4.25. The Morgan fingerprint density at radius 2 is 1.96 bits per heavy atom. The van der Waals surface area contributed by atoms with Gasteiger partial charge in [0.25, 0.3) is 0 Å². The van der Waals surface area contributed by atoms with Gasteiger partial charge in [0.05, 0.1) is 20.3 Å². The molecule has 0 radical (unpaired) electrons. The summed E-state index contributed by atoms with van der Waals surface area (Å²) in [6, 6.07) is 12.7. The van der Waals surface area contributed by atoms with Crippen molar-refractivity contribution in [2.75, 3.05) is 14.2 Å². The number of benzene rings is 2. The molecule has 1 amide bonds. The van der Waals surface area contributed by atoms with Crippen molar-refractivity contribution in [3.8, 4) is 11.5 Å². The molecule has 5 heteroatoms. The van der Waals surface area contributed by atoms with E-state index in [1.54, 1.807) is 32.4 Å². The first kappa shape index (κ1) is 17.9. The molecule has 1 N–H and O–H groups in total. The molecule has 4 nitrogen and oxygen atoms in total. The highest BCUT2D eigenvalue weighted by atomic mass is 35.5. The number of amides is 1. The third kappa shape index (κ3) is 4.77. The first-order chi connectivity index (χ1) is 11.5. The van der Waals surface area contributed by atoms with E-state index in [-0.39, 0.29) is 11.9 Å². The highest BCUT2D eigenvalue weighted by Crippen LogP contribution is 2.25. The maximum absolute atomic E-state index is 12.1. The Bertz CT molecular complexity index is 743. The SMILES string of the molecule is COc1ccc(/C=C/C(=O)NC(C)c2cccc(Cl)c2)c(OC)c1. The maximum Gasteiger partial charge on any atom is 0.244 e. The van der Waals surface area contributed by atoms with Crippen LogP contribution in [0.2, 0.25) is 5.02 Å². The number of methoxy groups -OCH3 is 2.